The van der Waals surface area contributed by atoms with Crippen LogP contribution in [0.2, 0.25) is 0 Å². The van der Waals surface area contributed by atoms with Gasteiger partial charge in [0, 0.05) is 16.6 Å². The molecule has 0 aliphatic carbocycles. The van der Waals surface area contributed by atoms with Gasteiger partial charge in [0.1, 0.15) is 11.5 Å². The van der Waals surface area contributed by atoms with Gasteiger partial charge in [-0.05, 0) is 49.2 Å². The fourth-order valence-electron chi connectivity index (χ4n) is 2.13. The summed E-state index contributed by atoms with van der Waals surface area (Å²) in [4.78, 5) is 0. The zero-order valence-electron chi connectivity index (χ0n) is 12.7. The summed E-state index contributed by atoms with van der Waals surface area (Å²) in [6, 6.07) is 14.5. The molecule has 0 amide bonds. The minimum atomic E-state index is 0.823. The Kier molecular flexibility index (Phi) is 6.27. The Bertz CT molecular complexity index is 583. The van der Waals surface area contributed by atoms with Crippen LogP contribution in [0.5, 0.6) is 11.5 Å². The topological polar surface area (TPSA) is 21.3 Å². The molecule has 0 saturated carbocycles. The van der Waals surface area contributed by atoms with Gasteiger partial charge < -0.3 is 10.1 Å². The van der Waals surface area contributed by atoms with E-state index in [0.29, 0.717) is 0 Å². The zero-order chi connectivity index (χ0) is 15.1. The van der Waals surface area contributed by atoms with Crippen molar-refractivity contribution in [2.75, 3.05) is 6.54 Å². The molecule has 2 rings (SSSR count). The van der Waals surface area contributed by atoms with Gasteiger partial charge in [-0.2, -0.15) is 0 Å². The van der Waals surface area contributed by atoms with E-state index in [0.717, 1.165) is 41.9 Å². The predicted octanol–water partition coefficient (Wildman–Crippen LogP) is 5.30. The first kappa shape index (κ1) is 16.1. The third-order valence-electron chi connectivity index (χ3n) is 3.31. The molecule has 21 heavy (non-hydrogen) atoms. The maximum absolute atomic E-state index is 6.09. The molecule has 0 atom stereocenters. The van der Waals surface area contributed by atoms with E-state index in [9.17, 15) is 0 Å². The van der Waals surface area contributed by atoms with Crippen LogP contribution in [0.1, 0.15) is 31.4 Å². The Morgan fingerprint density at radius 3 is 2.71 bits per heavy atom. The fraction of sp³-hybridized carbons (Fsp3) is 0.333. The summed E-state index contributed by atoms with van der Waals surface area (Å²) in [7, 11) is 0. The van der Waals surface area contributed by atoms with Crippen molar-refractivity contribution in [3.8, 4) is 11.5 Å². The highest BCUT2D eigenvalue weighted by molar-refractivity contribution is 9.10. The maximum atomic E-state index is 6.09. The van der Waals surface area contributed by atoms with E-state index in [1.54, 1.807) is 0 Å². The lowest BCUT2D eigenvalue weighted by atomic mass is 10.1. The second kappa shape index (κ2) is 8.20. The molecule has 0 bridgehead atoms. The Morgan fingerprint density at radius 2 is 1.95 bits per heavy atom. The number of benzene rings is 2. The van der Waals surface area contributed by atoms with E-state index in [4.69, 9.17) is 4.74 Å². The Labute approximate surface area is 135 Å². The number of hydrogen-bond acceptors (Lipinski definition) is 2. The van der Waals surface area contributed by atoms with E-state index in [-0.39, 0.29) is 0 Å². The molecule has 2 aromatic carbocycles. The minimum absolute atomic E-state index is 0.823. The molecule has 3 heteroatoms. The van der Waals surface area contributed by atoms with Crippen molar-refractivity contribution in [2.24, 2.45) is 0 Å². The highest BCUT2D eigenvalue weighted by Gasteiger charge is 2.06. The SMILES string of the molecule is CCCNCc1ccc(Br)cc1Oc1cccc(CC)c1. The third-order valence-corrected chi connectivity index (χ3v) is 3.80. The molecular formula is C18H22BrNO. The van der Waals surface area contributed by atoms with E-state index in [1.165, 1.54) is 11.1 Å². The summed E-state index contributed by atoms with van der Waals surface area (Å²) < 4.78 is 7.12. The van der Waals surface area contributed by atoms with Crippen LogP contribution in [0.3, 0.4) is 0 Å². The van der Waals surface area contributed by atoms with E-state index < -0.39 is 0 Å². The Balaban J connectivity index is 2.18. The van der Waals surface area contributed by atoms with Gasteiger partial charge in [0.2, 0.25) is 0 Å². The molecule has 0 radical (unpaired) electrons. The quantitative estimate of drug-likeness (QED) is 0.685. The highest BCUT2D eigenvalue weighted by Crippen LogP contribution is 2.29. The molecule has 0 spiro atoms. The van der Waals surface area contributed by atoms with Crippen LogP contribution in [-0.4, -0.2) is 6.54 Å². The molecule has 0 saturated heterocycles. The van der Waals surface area contributed by atoms with Crippen LogP contribution in [0.25, 0.3) is 0 Å². The average molecular weight is 348 g/mol. The zero-order valence-corrected chi connectivity index (χ0v) is 14.2. The lowest BCUT2D eigenvalue weighted by Gasteiger charge is -2.13. The predicted molar refractivity (Wildman–Crippen MR) is 92.0 cm³/mol. The molecule has 0 aliphatic heterocycles. The molecule has 112 valence electrons. The van der Waals surface area contributed by atoms with Crippen molar-refractivity contribution in [3.05, 3.63) is 58.1 Å². The number of nitrogens with one attached hydrogen (secondary N) is 1. The van der Waals surface area contributed by atoms with Crippen LogP contribution in [-0.2, 0) is 13.0 Å². The van der Waals surface area contributed by atoms with Gasteiger partial charge in [-0.25, -0.2) is 0 Å². The normalized spacial score (nSPS) is 10.6. The highest BCUT2D eigenvalue weighted by atomic mass is 79.9. The van der Waals surface area contributed by atoms with Crippen LogP contribution < -0.4 is 10.1 Å². The van der Waals surface area contributed by atoms with Gasteiger partial charge in [0.25, 0.3) is 0 Å². The summed E-state index contributed by atoms with van der Waals surface area (Å²) in [5, 5.41) is 3.42. The van der Waals surface area contributed by atoms with Crippen LogP contribution in [0, 0.1) is 0 Å². The molecule has 1 N–H and O–H groups in total. The van der Waals surface area contributed by atoms with Crippen LogP contribution in [0.4, 0.5) is 0 Å². The van der Waals surface area contributed by atoms with Gasteiger partial charge in [-0.1, -0.05) is 48.0 Å². The van der Waals surface area contributed by atoms with E-state index in [2.05, 4.69) is 59.4 Å². The molecule has 2 aromatic rings. The fourth-order valence-corrected chi connectivity index (χ4v) is 2.47. The second-order valence-electron chi connectivity index (χ2n) is 5.03. The molecule has 2 nitrogen and oxygen atoms in total. The first-order valence-electron chi connectivity index (χ1n) is 7.49. The summed E-state index contributed by atoms with van der Waals surface area (Å²) in [5.74, 6) is 1.80. The van der Waals surface area contributed by atoms with E-state index >= 15 is 0 Å². The molecule has 0 fully saturated rings. The summed E-state index contributed by atoms with van der Waals surface area (Å²) >= 11 is 3.52. The number of rotatable bonds is 7. The summed E-state index contributed by atoms with van der Waals surface area (Å²) in [5.41, 5.74) is 2.46. The first-order valence-corrected chi connectivity index (χ1v) is 8.28. The van der Waals surface area contributed by atoms with Gasteiger partial charge in [0.15, 0.2) is 0 Å². The van der Waals surface area contributed by atoms with Gasteiger partial charge in [0.05, 0.1) is 0 Å². The van der Waals surface area contributed by atoms with Crippen LogP contribution >= 0.6 is 15.9 Å². The standard InChI is InChI=1S/C18H22BrNO/c1-3-10-20-13-15-8-9-16(19)12-18(15)21-17-7-5-6-14(4-2)11-17/h5-9,11-12,20H,3-4,10,13H2,1-2H3. The van der Waals surface area contributed by atoms with Crippen LogP contribution in [0.15, 0.2) is 46.9 Å². The monoisotopic (exact) mass is 347 g/mol. The number of ether oxygens (including phenoxy) is 1. The number of hydrogen-bond donors (Lipinski definition) is 1. The maximum Gasteiger partial charge on any atom is 0.133 e. The summed E-state index contributed by atoms with van der Waals surface area (Å²) in [6.45, 7) is 6.16. The number of halogens is 1. The summed E-state index contributed by atoms with van der Waals surface area (Å²) in [6.07, 6.45) is 2.14. The molecule has 0 heterocycles. The van der Waals surface area contributed by atoms with Crippen molar-refractivity contribution in [1.29, 1.82) is 0 Å². The largest absolute Gasteiger partial charge is 0.457 e. The molecule has 0 aliphatic rings. The van der Waals surface area contributed by atoms with Crippen molar-refractivity contribution >= 4 is 15.9 Å². The second-order valence-corrected chi connectivity index (χ2v) is 5.95. The smallest absolute Gasteiger partial charge is 0.133 e. The van der Waals surface area contributed by atoms with Gasteiger partial charge >= 0.3 is 0 Å². The third kappa shape index (κ3) is 4.87. The van der Waals surface area contributed by atoms with E-state index in [1.807, 2.05) is 18.2 Å². The lowest BCUT2D eigenvalue weighted by Crippen LogP contribution is -2.14. The Hall–Kier alpha value is -1.32. The van der Waals surface area contributed by atoms with Crippen molar-refractivity contribution in [1.82, 2.24) is 5.32 Å². The Morgan fingerprint density at radius 1 is 1.10 bits per heavy atom. The van der Waals surface area contributed by atoms with Gasteiger partial charge in [-0.15, -0.1) is 0 Å². The lowest BCUT2D eigenvalue weighted by molar-refractivity contribution is 0.471. The molecular weight excluding hydrogens is 326 g/mol. The van der Waals surface area contributed by atoms with Crippen molar-refractivity contribution in [2.45, 2.75) is 33.2 Å². The van der Waals surface area contributed by atoms with Crippen molar-refractivity contribution in [3.63, 3.8) is 0 Å². The first-order chi connectivity index (χ1) is 10.2. The average Bonchev–Trinajstić information content (AvgIpc) is 2.50. The molecule has 0 unspecified atom stereocenters. The molecule has 0 aromatic heterocycles. The number of aryl methyl sites for hydroxylation is 1. The minimum Gasteiger partial charge on any atom is -0.457 e. The van der Waals surface area contributed by atoms with Crippen molar-refractivity contribution < 1.29 is 4.74 Å². The van der Waals surface area contributed by atoms with Gasteiger partial charge in [-0.3, -0.25) is 0 Å².